The Kier molecular flexibility index (Phi) is 7.75. The van der Waals surface area contributed by atoms with Gasteiger partial charge in [-0.2, -0.15) is 0 Å². The zero-order chi connectivity index (χ0) is 25.2. The summed E-state index contributed by atoms with van der Waals surface area (Å²) >= 11 is 5.94. The third-order valence-corrected chi connectivity index (χ3v) is 6.63. The third kappa shape index (κ3) is 6.78. The second-order valence-electron chi connectivity index (χ2n) is 10.3. The number of hydrogen-bond acceptors (Lipinski definition) is 9. The lowest BCUT2D eigenvalue weighted by Crippen LogP contribution is -2.51. The van der Waals surface area contributed by atoms with Crippen molar-refractivity contribution >= 4 is 35.3 Å². The summed E-state index contributed by atoms with van der Waals surface area (Å²) in [5.41, 5.74) is 6.15. The molecule has 1 saturated carbocycles. The van der Waals surface area contributed by atoms with E-state index in [9.17, 15) is 9.59 Å². The Balaban J connectivity index is 1.12. The van der Waals surface area contributed by atoms with E-state index in [0.717, 1.165) is 18.5 Å². The molecule has 2 aliphatic heterocycles. The van der Waals surface area contributed by atoms with Crippen LogP contribution in [-0.4, -0.2) is 95.4 Å². The lowest BCUT2D eigenvalue weighted by molar-refractivity contribution is -0.120. The van der Waals surface area contributed by atoms with E-state index in [0.29, 0.717) is 57.9 Å². The van der Waals surface area contributed by atoms with Crippen molar-refractivity contribution < 1.29 is 23.8 Å². The lowest BCUT2D eigenvalue weighted by atomic mass is 9.91. The van der Waals surface area contributed by atoms with Crippen molar-refractivity contribution in [2.75, 3.05) is 49.9 Å². The topological polar surface area (TPSA) is 123 Å². The van der Waals surface area contributed by atoms with Crippen molar-refractivity contribution in [2.24, 2.45) is 0 Å². The number of likely N-dealkylation sites (tertiary alicyclic amines) is 1. The highest BCUT2D eigenvalue weighted by Crippen LogP contribution is 2.31. The number of amides is 2. The fraction of sp³-hybridized carbons (Fsp3) is 0.739. The van der Waals surface area contributed by atoms with Crippen LogP contribution in [0, 0.1) is 0 Å². The quantitative estimate of drug-likeness (QED) is 0.651. The summed E-state index contributed by atoms with van der Waals surface area (Å²) < 4.78 is 17.3. The number of carbonyl (C=O) groups excluding carboxylic acids is 2. The molecule has 4 rings (SSSR count). The predicted molar refractivity (Wildman–Crippen MR) is 130 cm³/mol. The maximum atomic E-state index is 12.6. The maximum Gasteiger partial charge on any atom is 0.410 e. The number of aromatic nitrogens is 2. The van der Waals surface area contributed by atoms with Crippen LogP contribution in [0.4, 0.5) is 21.1 Å². The van der Waals surface area contributed by atoms with E-state index in [4.69, 9.17) is 31.5 Å². The van der Waals surface area contributed by atoms with E-state index < -0.39 is 5.60 Å². The molecule has 1 aromatic heterocycles. The van der Waals surface area contributed by atoms with Crippen LogP contribution in [-0.2, 0) is 14.2 Å². The number of rotatable bonds is 4. The first-order valence-electron chi connectivity index (χ1n) is 12.2. The van der Waals surface area contributed by atoms with Gasteiger partial charge in [-0.05, 0) is 33.6 Å². The van der Waals surface area contributed by atoms with Crippen LogP contribution >= 0.6 is 11.6 Å². The second kappa shape index (κ2) is 10.6. The molecule has 0 aromatic carbocycles. The molecule has 11 nitrogen and oxygen atoms in total. The van der Waals surface area contributed by atoms with E-state index in [1.807, 2.05) is 25.7 Å². The zero-order valence-electron chi connectivity index (χ0n) is 20.6. The van der Waals surface area contributed by atoms with E-state index in [-0.39, 0.29) is 35.7 Å². The fourth-order valence-electron chi connectivity index (χ4n) is 4.47. The standard InChI is InChI=1S/C23H35ClN6O5/c1-23(2,3)35-22(32)29-6-4-15(5-7-29)33-16-12-17(13-16)34-21(31)30-10-8-28(9-11-30)18-14-19(24)26-27-20(18)25/h14-17H,4-13H2,1-3H3,(H2,25,27). The smallest absolute Gasteiger partial charge is 0.410 e. The molecule has 3 heterocycles. The van der Waals surface area contributed by atoms with Gasteiger partial charge in [0, 0.05) is 58.2 Å². The highest BCUT2D eigenvalue weighted by molar-refractivity contribution is 6.29. The molecule has 35 heavy (non-hydrogen) atoms. The summed E-state index contributed by atoms with van der Waals surface area (Å²) in [4.78, 5) is 30.3. The molecule has 2 amide bonds. The molecule has 0 spiro atoms. The first-order valence-corrected chi connectivity index (χ1v) is 12.6. The summed E-state index contributed by atoms with van der Waals surface area (Å²) in [6.45, 7) is 9.14. The average Bonchev–Trinajstić information content (AvgIpc) is 2.78. The number of halogens is 1. The number of piperidine rings is 1. The molecule has 3 aliphatic rings. The van der Waals surface area contributed by atoms with Crippen LogP contribution in [0.2, 0.25) is 5.15 Å². The number of piperazine rings is 1. The number of hydrogen-bond donors (Lipinski definition) is 1. The Morgan fingerprint density at radius 1 is 0.943 bits per heavy atom. The Morgan fingerprint density at radius 2 is 1.57 bits per heavy atom. The second-order valence-corrected chi connectivity index (χ2v) is 10.7. The molecular weight excluding hydrogens is 476 g/mol. The van der Waals surface area contributed by atoms with E-state index in [1.54, 1.807) is 15.9 Å². The van der Waals surface area contributed by atoms with Gasteiger partial charge < -0.3 is 34.6 Å². The Morgan fingerprint density at radius 3 is 2.20 bits per heavy atom. The maximum absolute atomic E-state index is 12.6. The van der Waals surface area contributed by atoms with Crippen molar-refractivity contribution in [1.29, 1.82) is 0 Å². The van der Waals surface area contributed by atoms with Crippen LogP contribution in [0.25, 0.3) is 0 Å². The molecule has 0 bridgehead atoms. The Hall–Kier alpha value is -2.53. The minimum atomic E-state index is -0.490. The van der Waals surface area contributed by atoms with Crippen molar-refractivity contribution in [3.8, 4) is 0 Å². The summed E-state index contributed by atoms with van der Waals surface area (Å²) in [5.74, 6) is 0.321. The van der Waals surface area contributed by atoms with Crippen molar-refractivity contribution in [3.63, 3.8) is 0 Å². The SMILES string of the molecule is CC(C)(C)OC(=O)N1CCC(OC2CC(OC(=O)N3CCN(c4cc(Cl)nnc4N)CC3)C2)CC1. The van der Waals surface area contributed by atoms with Gasteiger partial charge in [-0.3, -0.25) is 0 Å². The van der Waals surface area contributed by atoms with E-state index in [1.165, 1.54) is 0 Å². The normalized spacial score (nSPS) is 23.6. The number of nitrogen functional groups attached to an aromatic ring is 1. The van der Waals surface area contributed by atoms with E-state index in [2.05, 4.69) is 10.2 Å². The van der Waals surface area contributed by atoms with Gasteiger partial charge in [0.05, 0.1) is 17.9 Å². The minimum absolute atomic E-state index is 0.0923. The molecule has 194 valence electrons. The van der Waals surface area contributed by atoms with Crippen LogP contribution in [0.15, 0.2) is 6.07 Å². The number of nitrogens with two attached hydrogens (primary N) is 1. The molecule has 1 aliphatic carbocycles. The Labute approximate surface area is 210 Å². The largest absolute Gasteiger partial charge is 0.446 e. The van der Waals surface area contributed by atoms with Gasteiger partial charge in [-0.15, -0.1) is 10.2 Å². The number of anilines is 2. The van der Waals surface area contributed by atoms with Gasteiger partial charge >= 0.3 is 12.2 Å². The predicted octanol–water partition coefficient (Wildman–Crippen LogP) is 2.92. The minimum Gasteiger partial charge on any atom is -0.446 e. The molecule has 0 radical (unpaired) electrons. The van der Waals surface area contributed by atoms with Gasteiger partial charge in [-0.1, -0.05) is 11.6 Å². The van der Waals surface area contributed by atoms with Crippen LogP contribution in [0.1, 0.15) is 46.5 Å². The average molecular weight is 511 g/mol. The third-order valence-electron chi connectivity index (χ3n) is 6.45. The van der Waals surface area contributed by atoms with Gasteiger partial charge in [0.1, 0.15) is 11.7 Å². The van der Waals surface area contributed by atoms with Gasteiger partial charge in [0.15, 0.2) is 11.0 Å². The molecular formula is C23H35ClN6O5. The summed E-state index contributed by atoms with van der Waals surface area (Å²) in [6.07, 6.45) is 2.51. The Bertz CT molecular complexity index is 906. The molecule has 1 aromatic rings. The van der Waals surface area contributed by atoms with Gasteiger partial charge in [-0.25, -0.2) is 9.59 Å². The van der Waals surface area contributed by atoms with Gasteiger partial charge in [0.2, 0.25) is 0 Å². The fourth-order valence-corrected chi connectivity index (χ4v) is 4.61. The van der Waals surface area contributed by atoms with Crippen LogP contribution in [0.5, 0.6) is 0 Å². The van der Waals surface area contributed by atoms with Gasteiger partial charge in [0.25, 0.3) is 0 Å². The molecule has 12 heteroatoms. The number of ether oxygens (including phenoxy) is 3. The number of carbonyl (C=O) groups is 2. The molecule has 0 atom stereocenters. The summed E-state index contributed by atoms with van der Waals surface area (Å²) in [7, 11) is 0. The highest BCUT2D eigenvalue weighted by Gasteiger charge is 2.37. The van der Waals surface area contributed by atoms with Crippen molar-refractivity contribution in [3.05, 3.63) is 11.2 Å². The molecule has 0 unspecified atom stereocenters. The van der Waals surface area contributed by atoms with Crippen LogP contribution in [0.3, 0.4) is 0 Å². The van der Waals surface area contributed by atoms with Crippen molar-refractivity contribution in [1.82, 2.24) is 20.0 Å². The zero-order valence-corrected chi connectivity index (χ0v) is 21.4. The monoisotopic (exact) mass is 510 g/mol. The highest BCUT2D eigenvalue weighted by atomic mass is 35.5. The first-order chi connectivity index (χ1) is 16.6. The molecule has 3 fully saturated rings. The van der Waals surface area contributed by atoms with Crippen LogP contribution < -0.4 is 10.6 Å². The summed E-state index contributed by atoms with van der Waals surface area (Å²) in [5, 5.41) is 7.88. The molecule has 2 N–H and O–H groups in total. The number of nitrogens with zero attached hydrogens (tertiary/aromatic N) is 5. The molecule has 2 saturated heterocycles. The van der Waals surface area contributed by atoms with Crippen molar-refractivity contribution in [2.45, 2.75) is 70.4 Å². The lowest BCUT2D eigenvalue weighted by Gasteiger charge is -2.41. The van der Waals surface area contributed by atoms with E-state index >= 15 is 0 Å². The summed E-state index contributed by atoms with van der Waals surface area (Å²) in [6, 6.07) is 1.69. The first kappa shape index (κ1) is 25.6.